The van der Waals surface area contributed by atoms with Crippen molar-refractivity contribution in [3.05, 3.63) is 60.1 Å². The summed E-state index contributed by atoms with van der Waals surface area (Å²) in [6.45, 7) is 1.93. The molecule has 0 amide bonds. The number of hydrogen-bond donors (Lipinski definition) is 1. The minimum atomic E-state index is 0.176. The standard InChI is InChI=1S/C15H20N2O/c1-16-10-11-17(2)15(14-9-6-12-18-14)13-7-4-3-5-8-13/h3-9,12,15-16H,10-11H2,1-2H3. The Morgan fingerprint density at radius 2 is 1.94 bits per heavy atom. The number of benzene rings is 1. The summed E-state index contributed by atoms with van der Waals surface area (Å²) < 4.78 is 5.59. The number of likely N-dealkylation sites (N-methyl/N-ethyl adjacent to an activating group) is 2. The molecule has 0 aliphatic heterocycles. The summed E-state index contributed by atoms with van der Waals surface area (Å²) in [7, 11) is 4.09. The van der Waals surface area contributed by atoms with E-state index in [9.17, 15) is 0 Å². The van der Waals surface area contributed by atoms with Crippen molar-refractivity contribution >= 4 is 0 Å². The Balaban J connectivity index is 2.24. The van der Waals surface area contributed by atoms with Gasteiger partial charge in [-0.25, -0.2) is 0 Å². The van der Waals surface area contributed by atoms with E-state index < -0.39 is 0 Å². The Hall–Kier alpha value is -1.58. The largest absolute Gasteiger partial charge is 0.467 e. The van der Waals surface area contributed by atoms with E-state index >= 15 is 0 Å². The SMILES string of the molecule is CNCCN(C)C(c1ccccc1)c1ccco1. The summed E-state index contributed by atoms with van der Waals surface area (Å²) in [5.74, 6) is 0.986. The first-order valence-electron chi connectivity index (χ1n) is 6.26. The highest BCUT2D eigenvalue weighted by Crippen LogP contribution is 2.27. The first-order valence-corrected chi connectivity index (χ1v) is 6.26. The zero-order chi connectivity index (χ0) is 12.8. The molecule has 1 unspecified atom stereocenters. The van der Waals surface area contributed by atoms with Crippen LogP contribution in [0.25, 0.3) is 0 Å². The van der Waals surface area contributed by atoms with E-state index in [1.165, 1.54) is 5.56 Å². The quantitative estimate of drug-likeness (QED) is 0.846. The lowest BCUT2D eigenvalue weighted by atomic mass is 10.0. The van der Waals surface area contributed by atoms with Gasteiger partial charge in [-0.2, -0.15) is 0 Å². The number of nitrogens with one attached hydrogen (secondary N) is 1. The van der Waals surface area contributed by atoms with E-state index in [2.05, 4.69) is 41.5 Å². The van der Waals surface area contributed by atoms with E-state index in [-0.39, 0.29) is 6.04 Å². The van der Waals surface area contributed by atoms with Crippen molar-refractivity contribution in [1.29, 1.82) is 0 Å². The van der Waals surface area contributed by atoms with E-state index in [4.69, 9.17) is 4.42 Å². The zero-order valence-corrected chi connectivity index (χ0v) is 11.0. The maximum Gasteiger partial charge on any atom is 0.125 e. The van der Waals surface area contributed by atoms with Crippen LogP contribution in [0.1, 0.15) is 17.4 Å². The molecular weight excluding hydrogens is 224 g/mol. The Morgan fingerprint density at radius 3 is 2.56 bits per heavy atom. The van der Waals surface area contributed by atoms with Gasteiger partial charge in [-0.1, -0.05) is 30.3 Å². The highest BCUT2D eigenvalue weighted by atomic mass is 16.3. The average Bonchev–Trinajstić information content (AvgIpc) is 2.92. The zero-order valence-electron chi connectivity index (χ0n) is 11.0. The molecule has 1 heterocycles. The van der Waals surface area contributed by atoms with E-state index in [1.807, 2.05) is 25.2 Å². The molecule has 96 valence electrons. The van der Waals surface area contributed by atoms with Crippen LogP contribution in [0.15, 0.2) is 53.1 Å². The molecule has 0 fully saturated rings. The predicted octanol–water partition coefficient (Wildman–Crippen LogP) is 2.52. The molecule has 1 atom stereocenters. The molecule has 0 saturated heterocycles. The minimum absolute atomic E-state index is 0.176. The number of nitrogens with zero attached hydrogens (tertiary/aromatic N) is 1. The van der Waals surface area contributed by atoms with Crippen LogP contribution in [0.5, 0.6) is 0 Å². The fourth-order valence-corrected chi connectivity index (χ4v) is 2.14. The van der Waals surface area contributed by atoms with Gasteiger partial charge in [0.2, 0.25) is 0 Å². The lowest BCUT2D eigenvalue weighted by Gasteiger charge is -2.26. The normalized spacial score (nSPS) is 12.8. The van der Waals surface area contributed by atoms with Crippen molar-refractivity contribution < 1.29 is 4.42 Å². The van der Waals surface area contributed by atoms with Crippen molar-refractivity contribution in [1.82, 2.24) is 10.2 Å². The van der Waals surface area contributed by atoms with Crippen LogP contribution in [-0.2, 0) is 0 Å². The second-order valence-corrected chi connectivity index (χ2v) is 4.41. The molecule has 0 aliphatic rings. The van der Waals surface area contributed by atoms with Gasteiger partial charge in [-0.15, -0.1) is 0 Å². The van der Waals surface area contributed by atoms with Crippen LogP contribution >= 0.6 is 0 Å². The van der Waals surface area contributed by atoms with Gasteiger partial charge < -0.3 is 9.73 Å². The molecule has 1 aromatic carbocycles. The van der Waals surface area contributed by atoms with Gasteiger partial charge >= 0.3 is 0 Å². The predicted molar refractivity (Wildman–Crippen MR) is 73.5 cm³/mol. The topological polar surface area (TPSA) is 28.4 Å². The maximum atomic E-state index is 5.59. The second kappa shape index (κ2) is 6.38. The fourth-order valence-electron chi connectivity index (χ4n) is 2.14. The Labute approximate surface area is 108 Å². The van der Waals surface area contributed by atoms with Gasteiger partial charge in [-0.3, -0.25) is 4.90 Å². The molecule has 1 N–H and O–H groups in total. The number of furan rings is 1. The van der Waals surface area contributed by atoms with Crippen LogP contribution in [0.4, 0.5) is 0 Å². The monoisotopic (exact) mass is 244 g/mol. The summed E-state index contributed by atoms with van der Waals surface area (Å²) >= 11 is 0. The van der Waals surface area contributed by atoms with Crippen molar-refractivity contribution in [2.24, 2.45) is 0 Å². The third-order valence-corrected chi connectivity index (χ3v) is 3.08. The minimum Gasteiger partial charge on any atom is -0.467 e. The molecular formula is C15H20N2O. The summed E-state index contributed by atoms with van der Waals surface area (Å²) in [4.78, 5) is 2.30. The third-order valence-electron chi connectivity index (χ3n) is 3.08. The van der Waals surface area contributed by atoms with Crippen molar-refractivity contribution in [3.63, 3.8) is 0 Å². The van der Waals surface area contributed by atoms with Crippen LogP contribution in [0, 0.1) is 0 Å². The Morgan fingerprint density at radius 1 is 1.17 bits per heavy atom. The van der Waals surface area contributed by atoms with Gasteiger partial charge in [0, 0.05) is 13.1 Å². The van der Waals surface area contributed by atoms with E-state index in [0.29, 0.717) is 0 Å². The Kier molecular flexibility index (Phi) is 4.56. The molecule has 0 bridgehead atoms. The molecule has 0 spiro atoms. The van der Waals surface area contributed by atoms with Gasteiger partial charge in [0.15, 0.2) is 0 Å². The summed E-state index contributed by atoms with van der Waals surface area (Å²) in [6.07, 6.45) is 1.73. The van der Waals surface area contributed by atoms with Crippen molar-refractivity contribution in [2.45, 2.75) is 6.04 Å². The van der Waals surface area contributed by atoms with Gasteiger partial charge in [0.25, 0.3) is 0 Å². The van der Waals surface area contributed by atoms with Crippen molar-refractivity contribution in [3.8, 4) is 0 Å². The fraction of sp³-hybridized carbons (Fsp3) is 0.333. The molecule has 3 nitrogen and oxygen atoms in total. The van der Waals surface area contributed by atoms with E-state index in [1.54, 1.807) is 6.26 Å². The molecule has 0 saturated carbocycles. The van der Waals surface area contributed by atoms with Gasteiger partial charge in [0.05, 0.1) is 12.3 Å². The third kappa shape index (κ3) is 3.00. The molecule has 0 aliphatic carbocycles. The second-order valence-electron chi connectivity index (χ2n) is 4.41. The smallest absolute Gasteiger partial charge is 0.125 e. The van der Waals surface area contributed by atoms with Crippen molar-refractivity contribution in [2.75, 3.05) is 27.2 Å². The molecule has 1 aromatic heterocycles. The number of rotatable bonds is 6. The summed E-state index contributed by atoms with van der Waals surface area (Å²) in [5.41, 5.74) is 1.26. The summed E-state index contributed by atoms with van der Waals surface area (Å²) in [5, 5.41) is 3.18. The first kappa shape index (κ1) is 12.9. The molecule has 2 aromatic rings. The van der Waals surface area contributed by atoms with Crippen LogP contribution in [0.3, 0.4) is 0 Å². The van der Waals surface area contributed by atoms with Crippen LogP contribution in [0.2, 0.25) is 0 Å². The van der Waals surface area contributed by atoms with Gasteiger partial charge in [0.1, 0.15) is 5.76 Å². The van der Waals surface area contributed by atoms with E-state index in [0.717, 1.165) is 18.8 Å². The number of hydrogen-bond acceptors (Lipinski definition) is 3. The summed E-state index contributed by atoms with van der Waals surface area (Å²) in [6, 6.07) is 14.6. The molecule has 2 rings (SSSR count). The molecule has 3 heteroatoms. The van der Waals surface area contributed by atoms with Crippen LogP contribution in [-0.4, -0.2) is 32.1 Å². The average molecular weight is 244 g/mol. The first-order chi connectivity index (χ1) is 8.83. The molecule has 18 heavy (non-hydrogen) atoms. The Bertz CT molecular complexity index is 439. The lowest BCUT2D eigenvalue weighted by Crippen LogP contribution is -2.31. The lowest BCUT2D eigenvalue weighted by molar-refractivity contribution is 0.250. The molecule has 0 radical (unpaired) electrons. The maximum absolute atomic E-state index is 5.59. The van der Waals surface area contributed by atoms with Gasteiger partial charge in [-0.05, 0) is 31.8 Å². The highest BCUT2D eigenvalue weighted by molar-refractivity contribution is 5.26. The highest BCUT2D eigenvalue weighted by Gasteiger charge is 2.20. The van der Waals surface area contributed by atoms with Crippen LogP contribution < -0.4 is 5.32 Å².